The lowest BCUT2D eigenvalue weighted by molar-refractivity contribution is 0.673. The van der Waals surface area contributed by atoms with Crippen LogP contribution in [0.2, 0.25) is 0 Å². The van der Waals surface area contributed by atoms with Gasteiger partial charge in [0.05, 0.1) is 0 Å². The Morgan fingerprint density at radius 2 is 0.925 bits per heavy atom. The van der Waals surface area contributed by atoms with Crippen molar-refractivity contribution in [2.75, 3.05) is 0 Å². The second-order valence-electron chi connectivity index (χ2n) is 13.5. The molecule has 0 radical (unpaired) electrons. The van der Waals surface area contributed by atoms with Crippen molar-refractivity contribution in [3.8, 4) is 45.3 Å². The lowest BCUT2D eigenvalue weighted by atomic mass is 9.95. The van der Waals surface area contributed by atoms with Crippen molar-refractivity contribution in [3.05, 3.63) is 176 Å². The van der Waals surface area contributed by atoms with Crippen LogP contribution < -0.4 is 0 Å². The predicted molar refractivity (Wildman–Crippen MR) is 219 cm³/mol. The minimum atomic E-state index is 0.614. The predicted octanol–water partition coefficient (Wildman–Crippen LogP) is 13.1. The quantitative estimate of drug-likeness (QED) is 0.174. The van der Waals surface area contributed by atoms with Gasteiger partial charge in [-0.3, -0.25) is 0 Å². The summed E-state index contributed by atoms with van der Waals surface area (Å²) < 4.78 is 6.65. The summed E-state index contributed by atoms with van der Waals surface area (Å²) >= 11 is 0. The Morgan fingerprint density at radius 1 is 0.321 bits per heavy atom. The topological polar surface area (TPSA) is 51.8 Å². The molecule has 11 aromatic rings. The van der Waals surface area contributed by atoms with Gasteiger partial charge >= 0.3 is 0 Å². The molecule has 246 valence electrons. The Kier molecular flexibility index (Phi) is 6.52. The molecule has 0 saturated carbocycles. The molecule has 0 N–H and O–H groups in total. The van der Waals surface area contributed by atoms with Crippen molar-refractivity contribution in [3.63, 3.8) is 0 Å². The second-order valence-corrected chi connectivity index (χ2v) is 13.5. The molecule has 4 heteroatoms. The molecule has 0 spiro atoms. The highest BCUT2D eigenvalue weighted by atomic mass is 16.3. The van der Waals surface area contributed by atoms with Gasteiger partial charge in [-0.05, 0) is 67.0 Å². The molecule has 9 aromatic carbocycles. The van der Waals surface area contributed by atoms with Crippen molar-refractivity contribution >= 4 is 65.0 Å². The van der Waals surface area contributed by atoms with E-state index in [1.165, 1.54) is 26.9 Å². The van der Waals surface area contributed by atoms with Crippen molar-refractivity contribution in [2.45, 2.75) is 0 Å². The van der Waals surface area contributed by atoms with Gasteiger partial charge in [-0.25, -0.2) is 15.0 Å². The third-order valence-electron chi connectivity index (χ3n) is 10.5. The average Bonchev–Trinajstić information content (AvgIpc) is 3.62. The highest BCUT2D eigenvalue weighted by molar-refractivity contribution is 6.22. The third-order valence-corrected chi connectivity index (χ3v) is 10.5. The zero-order valence-electron chi connectivity index (χ0n) is 28.5. The van der Waals surface area contributed by atoms with Gasteiger partial charge < -0.3 is 4.42 Å². The standard InChI is InChI=1S/C49H29N3O/c1-3-12-30(13-4-1)37-20-11-21-44-45(37)43-29-42(38-18-9-10-19-41(38)46(43)53-44)49-51-47(32-15-5-2-6-16-32)50-48(52-49)34-24-25-36-33(28-34)23-27-39-35-17-8-7-14-31(35)22-26-40(36)39/h1-29H. The Balaban J connectivity index is 1.16. The van der Waals surface area contributed by atoms with Crippen molar-refractivity contribution in [1.29, 1.82) is 0 Å². The normalized spacial score (nSPS) is 11.8. The van der Waals surface area contributed by atoms with Crippen LogP contribution in [-0.4, -0.2) is 15.0 Å². The Labute approximate surface area is 304 Å². The van der Waals surface area contributed by atoms with Gasteiger partial charge in [-0.2, -0.15) is 0 Å². The molecule has 0 atom stereocenters. The summed E-state index contributed by atoms with van der Waals surface area (Å²) in [6, 6.07) is 61.5. The van der Waals surface area contributed by atoms with E-state index < -0.39 is 0 Å². The van der Waals surface area contributed by atoms with Crippen LogP contribution in [0.3, 0.4) is 0 Å². The molecule has 0 aliphatic carbocycles. The van der Waals surface area contributed by atoms with Crippen LogP contribution in [-0.2, 0) is 0 Å². The zero-order chi connectivity index (χ0) is 34.9. The van der Waals surface area contributed by atoms with Gasteiger partial charge in [0.1, 0.15) is 11.2 Å². The van der Waals surface area contributed by atoms with E-state index in [4.69, 9.17) is 19.4 Å². The van der Waals surface area contributed by atoms with Gasteiger partial charge in [0.15, 0.2) is 17.5 Å². The van der Waals surface area contributed by atoms with E-state index in [-0.39, 0.29) is 0 Å². The maximum absolute atomic E-state index is 6.65. The number of hydrogen-bond donors (Lipinski definition) is 0. The fourth-order valence-corrected chi connectivity index (χ4v) is 8.00. The van der Waals surface area contributed by atoms with E-state index in [0.717, 1.165) is 65.9 Å². The lowest BCUT2D eigenvalue weighted by Gasteiger charge is -2.12. The summed E-state index contributed by atoms with van der Waals surface area (Å²) in [5, 5.41) is 11.5. The highest BCUT2D eigenvalue weighted by Gasteiger charge is 2.20. The molecule has 2 aromatic heterocycles. The van der Waals surface area contributed by atoms with Crippen LogP contribution in [0.15, 0.2) is 180 Å². The summed E-state index contributed by atoms with van der Waals surface area (Å²) in [7, 11) is 0. The molecule has 0 fully saturated rings. The smallest absolute Gasteiger partial charge is 0.164 e. The van der Waals surface area contributed by atoms with E-state index in [1.54, 1.807) is 0 Å². The monoisotopic (exact) mass is 675 g/mol. The molecule has 0 bridgehead atoms. The van der Waals surface area contributed by atoms with Gasteiger partial charge in [0.2, 0.25) is 0 Å². The van der Waals surface area contributed by atoms with E-state index in [0.29, 0.717) is 17.5 Å². The van der Waals surface area contributed by atoms with Crippen LogP contribution in [0.4, 0.5) is 0 Å². The van der Waals surface area contributed by atoms with Crippen molar-refractivity contribution < 1.29 is 4.42 Å². The van der Waals surface area contributed by atoms with Gasteiger partial charge in [0, 0.05) is 32.8 Å². The van der Waals surface area contributed by atoms with Crippen LogP contribution in [0, 0.1) is 0 Å². The average molecular weight is 676 g/mol. The second kappa shape index (κ2) is 11.7. The fourth-order valence-electron chi connectivity index (χ4n) is 8.00. The van der Waals surface area contributed by atoms with E-state index in [9.17, 15) is 0 Å². The van der Waals surface area contributed by atoms with Crippen LogP contribution in [0.1, 0.15) is 0 Å². The number of rotatable bonds is 4. The summed E-state index contributed by atoms with van der Waals surface area (Å²) in [5.74, 6) is 1.87. The Bertz CT molecular complexity index is 3220. The molecule has 0 aliphatic rings. The number of hydrogen-bond acceptors (Lipinski definition) is 4. The molecule has 0 amide bonds. The van der Waals surface area contributed by atoms with Crippen molar-refractivity contribution in [1.82, 2.24) is 15.0 Å². The van der Waals surface area contributed by atoms with Crippen LogP contribution in [0.25, 0.3) is 110 Å². The molecule has 0 unspecified atom stereocenters. The number of nitrogens with zero attached hydrogens (tertiary/aromatic N) is 3. The van der Waals surface area contributed by atoms with Gasteiger partial charge in [0.25, 0.3) is 0 Å². The molecule has 2 heterocycles. The summed E-state index contributed by atoms with van der Waals surface area (Å²) in [6.07, 6.45) is 0. The summed E-state index contributed by atoms with van der Waals surface area (Å²) in [6.45, 7) is 0. The van der Waals surface area contributed by atoms with Crippen LogP contribution in [0.5, 0.6) is 0 Å². The van der Waals surface area contributed by atoms with E-state index in [1.807, 2.05) is 24.3 Å². The molecule has 4 nitrogen and oxygen atoms in total. The first-order chi connectivity index (χ1) is 26.3. The minimum Gasteiger partial charge on any atom is -0.455 e. The Morgan fingerprint density at radius 3 is 1.72 bits per heavy atom. The molecule has 11 rings (SSSR count). The van der Waals surface area contributed by atoms with Crippen molar-refractivity contribution in [2.24, 2.45) is 0 Å². The highest BCUT2D eigenvalue weighted by Crippen LogP contribution is 2.43. The molecular formula is C49H29N3O. The molecule has 53 heavy (non-hydrogen) atoms. The number of aromatic nitrogens is 3. The van der Waals surface area contributed by atoms with E-state index >= 15 is 0 Å². The number of furan rings is 1. The fraction of sp³-hybridized carbons (Fsp3) is 0. The first-order valence-electron chi connectivity index (χ1n) is 17.9. The zero-order valence-corrected chi connectivity index (χ0v) is 28.5. The Hall–Kier alpha value is -7.17. The molecule has 0 saturated heterocycles. The minimum absolute atomic E-state index is 0.614. The SMILES string of the molecule is c1ccc(-c2nc(-c3ccc4c(ccc5c6ccccc6ccc45)c3)nc(-c3cc4c(oc5cccc(-c6ccccc6)c54)c4ccccc34)n2)cc1. The molecule has 0 aliphatic heterocycles. The lowest BCUT2D eigenvalue weighted by Crippen LogP contribution is -2.00. The number of fused-ring (bicyclic) bond motifs is 10. The third kappa shape index (κ3) is 4.73. The largest absolute Gasteiger partial charge is 0.455 e. The summed E-state index contributed by atoms with van der Waals surface area (Å²) in [5.41, 5.74) is 6.77. The molecular weight excluding hydrogens is 647 g/mol. The first kappa shape index (κ1) is 29.5. The van der Waals surface area contributed by atoms with E-state index in [2.05, 4.69) is 152 Å². The first-order valence-corrected chi connectivity index (χ1v) is 17.9. The van der Waals surface area contributed by atoms with Crippen LogP contribution >= 0.6 is 0 Å². The van der Waals surface area contributed by atoms with Gasteiger partial charge in [-0.1, -0.05) is 158 Å². The maximum Gasteiger partial charge on any atom is 0.164 e. The summed E-state index contributed by atoms with van der Waals surface area (Å²) in [4.78, 5) is 15.5. The maximum atomic E-state index is 6.65. The number of benzene rings is 9. The van der Waals surface area contributed by atoms with Gasteiger partial charge in [-0.15, -0.1) is 0 Å².